The Labute approximate surface area is 102 Å². The summed E-state index contributed by atoms with van der Waals surface area (Å²) in [5, 5.41) is 0. The molecule has 0 amide bonds. The van der Waals surface area contributed by atoms with Gasteiger partial charge in [-0.1, -0.05) is 6.07 Å². The maximum Gasteiger partial charge on any atom is 0.161 e. The average Bonchev–Trinajstić information content (AvgIpc) is 3.15. The van der Waals surface area contributed by atoms with Crippen LogP contribution in [0.5, 0.6) is 11.5 Å². The second-order valence-corrected chi connectivity index (χ2v) is 4.94. The average molecular weight is 233 g/mol. The Morgan fingerprint density at radius 3 is 2.65 bits per heavy atom. The van der Waals surface area contributed by atoms with Gasteiger partial charge in [-0.15, -0.1) is 0 Å². The highest BCUT2D eigenvalue weighted by molar-refractivity contribution is 5.44. The Morgan fingerprint density at radius 2 is 1.94 bits per heavy atom. The highest BCUT2D eigenvalue weighted by atomic mass is 16.5. The molecule has 1 unspecified atom stereocenters. The van der Waals surface area contributed by atoms with Gasteiger partial charge in [-0.25, -0.2) is 0 Å². The van der Waals surface area contributed by atoms with Gasteiger partial charge in [0.1, 0.15) is 0 Å². The minimum Gasteiger partial charge on any atom is -0.490 e. The molecule has 1 aliphatic heterocycles. The van der Waals surface area contributed by atoms with Gasteiger partial charge in [0.05, 0.1) is 13.2 Å². The standard InChI is InChI=1S/C14H19NO2/c15-9-12(10-2-3-10)11-4-5-13-14(8-11)17-7-1-6-16-13/h4-5,8,10,12H,1-3,6-7,9,15H2. The van der Waals surface area contributed by atoms with Gasteiger partial charge in [-0.05, 0) is 48.9 Å². The van der Waals surface area contributed by atoms with E-state index in [1.54, 1.807) is 0 Å². The molecule has 1 aliphatic carbocycles. The number of benzene rings is 1. The molecule has 0 spiro atoms. The maximum atomic E-state index is 5.88. The van der Waals surface area contributed by atoms with Crippen LogP contribution in [0.4, 0.5) is 0 Å². The largest absolute Gasteiger partial charge is 0.490 e. The number of rotatable bonds is 3. The molecule has 3 rings (SSSR count). The summed E-state index contributed by atoms with van der Waals surface area (Å²) >= 11 is 0. The van der Waals surface area contributed by atoms with Gasteiger partial charge in [-0.2, -0.15) is 0 Å². The van der Waals surface area contributed by atoms with E-state index in [0.717, 1.165) is 43.6 Å². The highest BCUT2D eigenvalue weighted by Gasteiger charge is 2.31. The molecule has 1 fully saturated rings. The summed E-state index contributed by atoms with van der Waals surface area (Å²) in [6.07, 6.45) is 3.58. The topological polar surface area (TPSA) is 44.5 Å². The van der Waals surface area contributed by atoms with Crippen LogP contribution in [-0.4, -0.2) is 19.8 Å². The van der Waals surface area contributed by atoms with Crippen molar-refractivity contribution >= 4 is 0 Å². The van der Waals surface area contributed by atoms with Crippen LogP contribution in [0.15, 0.2) is 18.2 Å². The normalized spacial score (nSPS) is 20.8. The molecule has 1 heterocycles. The summed E-state index contributed by atoms with van der Waals surface area (Å²) in [6, 6.07) is 6.29. The summed E-state index contributed by atoms with van der Waals surface area (Å²) in [4.78, 5) is 0. The zero-order valence-electron chi connectivity index (χ0n) is 10.0. The van der Waals surface area contributed by atoms with Crippen molar-refractivity contribution in [3.8, 4) is 11.5 Å². The van der Waals surface area contributed by atoms with Gasteiger partial charge >= 0.3 is 0 Å². The molecule has 0 aromatic heterocycles. The Morgan fingerprint density at radius 1 is 1.18 bits per heavy atom. The minimum atomic E-state index is 0.493. The molecule has 0 bridgehead atoms. The predicted molar refractivity (Wildman–Crippen MR) is 66.6 cm³/mol. The van der Waals surface area contributed by atoms with Gasteiger partial charge < -0.3 is 15.2 Å². The van der Waals surface area contributed by atoms with Crippen molar-refractivity contribution in [1.82, 2.24) is 0 Å². The zero-order valence-corrected chi connectivity index (χ0v) is 10.0. The van der Waals surface area contributed by atoms with E-state index in [-0.39, 0.29) is 0 Å². The monoisotopic (exact) mass is 233 g/mol. The molecular weight excluding hydrogens is 214 g/mol. The van der Waals surface area contributed by atoms with Crippen molar-refractivity contribution < 1.29 is 9.47 Å². The molecule has 17 heavy (non-hydrogen) atoms. The Hall–Kier alpha value is -1.22. The van der Waals surface area contributed by atoms with Crippen LogP contribution in [-0.2, 0) is 0 Å². The Balaban J connectivity index is 1.88. The number of hydrogen-bond donors (Lipinski definition) is 1. The van der Waals surface area contributed by atoms with Crippen LogP contribution in [0.1, 0.15) is 30.7 Å². The first-order chi connectivity index (χ1) is 8.38. The minimum absolute atomic E-state index is 0.493. The van der Waals surface area contributed by atoms with E-state index < -0.39 is 0 Å². The third kappa shape index (κ3) is 2.25. The molecule has 1 aromatic carbocycles. The molecule has 92 valence electrons. The fourth-order valence-corrected chi connectivity index (χ4v) is 2.51. The summed E-state index contributed by atoms with van der Waals surface area (Å²) in [6.45, 7) is 2.22. The van der Waals surface area contributed by atoms with Crippen molar-refractivity contribution in [2.24, 2.45) is 11.7 Å². The van der Waals surface area contributed by atoms with Crippen LogP contribution in [0.2, 0.25) is 0 Å². The third-order valence-electron chi connectivity index (χ3n) is 3.64. The molecule has 1 atom stereocenters. The Kier molecular flexibility index (Phi) is 2.93. The number of fused-ring (bicyclic) bond motifs is 1. The second kappa shape index (κ2) is 4.57. The van der Waals surface area contributed by atoms with E-state index in [2.05, 4.69) is 12.1 Å². The van der Waals surface area contributed by atoms with Crippen molar-refractivity contribution in [2.45, 2.75) is 25.2 Å². The first kappa shape index (κ1) is 10.9. The van der Waals surface area contributed by atoms with Gasteiger partial charge in [0.25, 0.3) is 0 Å². The van der Waals surface area contributed by atoms with E-state index >= 15 is 0 Å². The van der Waals surface area contributed by atoms with Crippen LogP contribution >= 0.6 is 0 Å². The Bertz CT molecular complexity index is 401. The van der Waals surface area contributed by atoms with E-state index in [1.165, 1.54) is 18.4 Å². The highest BCUT2D eigenvalue weighted by Crippen LogP contribution is 2.43. The number of hydrogen-bond acceptors (Lipinski definition) is 3. The third-order valence-corrected chi connectivity index (χ3v) is 3.64. The van der Waals surface area contributed by atoms with Crippen LogP contribution in [0, 0.1) is 5.92 Å². The number of ether oxygens (including phenoxy) is 2. The van der Waals surface area contributed by atoms with Crippen LogP contribution < -0.4 is 15.2 Å². The predicted octanol–water partition coefficient (Wildman–Crippen LogP) is 2.30. The summed E-state index contributed by atoms with van der Waals surface area (Å²) in [5.41, 5.74) is 7.19. The molecule has 0 radical (unpaired) electrons. The molecule has 3 heteroatoms. The molecule has 3 nitrogen and oxygen atoms in total. The molecule has 1 saturated carbocycles. The molecule has 2 aliphatic rings. The molecule has 0 saturated heterocycles. The van der Waals surface area contributed by atoms with Crippen molar-refractivity contribution in [3.63, 3.8) is 0 Å². The SMILES string of the molecule is NCC(c1ccc2c(c1)OCCCO2)C1CC1. The first-order valence-electron chi connectivity index (χ1n) is 6.48. The molecule has 1 aromatic rings. The lowest BCUT2D eigenvalue weighted by atomic mass is 9.94. The summed E-state index contributed by atoms with van der Waals surface area (Å²) in [7, 11) is 0. The fourth-order valence-electron chi connectivity index (χ4n) is 2.51. The molecule has 2 N–H and O–H groups in total. The quantitative estimate of drug-likeness (QED) is 0.871. The van der Waals surface area contributed by atoms with Gasteiger partial charge in [0.15, 0.2) is 11.5 Å². The lowest BCUT2D eigenvalue weighted by Crippen LogP contribution is -2.14. The zero-order chi connectivity index (χ0) is 11.7. The van der Waals surface area contributed by atoms with Crippen molar-refractivity contribution in [3.05, 3.63) is 23.8 Å². The summed E-state index contributed by atoms with van der Waals surface area (Å²) < 4.78 is 11.4. The van der Waals surface area contributed by atoms with E-state index in [4.69, 9.17) is 15.2 Å². The maximum absolute atomic E-state index is 5.88. The lowest BCUT2D eigenvalue weighted by Gasteiger charge is -2.16. The van der Waals surface area contributed by atoms with E-state index in [9.17, 15) is 0 Å². The van der Waals surface area contributed by atoms with Gasteiger partial charge in [-0.3, -0.25) is 0 Å². The smallest absolute Gasteiger partial charge is 0.161 e. The number of nitrogens with two attached hydrogens (primary N) is 1. The van der Waals surface area contributed by atoms with Crippen molar-refractivity contribution in [2.75, 3.05) is 19.8 Å². The van der Waals surface area contributed by atoms with Gasteiger partial charge in [0, 0.05) is 6.42 Å². The second-order valence-electron chi connectivity index (χ2n) is 4.94. The molecular formula is C14H19NO2. The van der Waals surface area contributed by atoms with Gasteiger partial charge in [0.2, 0.25) is 0 Å². The lowest BCUT2D eigenvalue weighted by molar-refractivity contribution is 0.297. The van der Waals surface area contributed by atoms with E-state index in [0.29, 0.717) is 5.92 Å². The van der Waals surface area contributed by atoms with Crippen LogP contribution in [0.3, 0.4) is 0 Å². The fraction of sp³-hybridized carbons (Fsp3) is 0.571. The van der Waals surface area contributed by atoms with E-state index in [1.807, 2.05) is 6.07 Å². The van der Waals surface area contributed by atoms with Crippen molar-refractivity contribution in [1.29, 1.82) is 0 Å². The summed E-state index contributed by atoms with van der Waals surface area (Å²) in [5.74, 6) is 3.04. The van der Waals surface area contributed by atoms with Crippen LogP contribution in [0.25, 0.3) is 0 Å². The first-order valence-corrected chi connectivity index (χ1v) is 6.48.